The molecule has 21 heavy (non-hydrogen) atoms. The second-order valence-electron chi connectivity index (χ2n) is 4.68. The first kappa shape index (κ1) is 15.3. The molecule has 0 aromatic heterocycles. The molecule has 2 aromatic carbocycles. The summed E-state index contributed by atoms with van der Waals surface area (Å²) in [6.07, 6.45) is 0. The van der Waals surface area contributed by atoms with Gasteiger partial charge in [0.1, 0.15) is 12.4 Å². The summed E-state index contributed by atoms with van der Waals surface area (Å²) in [4.78, 5) is 10.5. The van der Waals surface area contributed by atoms with Crippen LogP contribution in [0.5, 0.6) is 5.75 Å². The highest BCUT2D eigenvalue weighted by atomic mass is 35.5. The van der Waals surface area contributed by atoms with Gasteiger partial charge in [-0.15, -0.1) is 0 Å². The van der Waals surface area contributed by atoms with Crippen LogP contribution in [0.1, 0.15) is 24.1 Å². The third-order valence-electron chi connectivity index (χ3n) is 3.02. The van der Waals surface area contributed by atoms with Gasteiger partial charge >= 0.3 is 0 Å². The van der Waals surface area contributed by atoms with Gasteiger partial charge in [-0.2, -0.15) is 0 Å². The molecule has 0 amide bonds. The molecule has 0 heterocycles. The van der Waals surface area contributed by atoms with E-state index >= 15 is 0 Å². The summed E-state index contributed by atoms with van der Waals surface area (Å²) < 4.78 is 5.61. The number of hydrogen-bond acceptors (Lipinski definition) is 4. The van der Waals surface area contributed by atoms with Gasteiger partial charge in [-0.3, -0.25) is 10.1 Å². The summed E-state index contributed by atoms with van der Waals surface area (Å²) in [6, 6.07) is 11.6. The Hall–Kier alpha value is -2.11. The van der Waals surface area contributed by atoms with Gasteiger partial charge in [-0.25, -0.2) is 0 Å². The van der Waals surface area contributed by atoms with Crippen molar-refractivity contribution >= 4 is 17.3 Å². The zero-order chi connectivity index (χ0) is 15.4. The number of hydrogen-bond donors (Lipinski definition) is 1. The molecule has 0 saturated heterocycles. The second kappa shape index (κ2) is 6.56. The average molecular weight is 307 g/mol. The third-order valence-corrected chi connectivity index (χ3v) is 3.25. The molecule has 0 spiro atoms. The number of nitrogens with zero attached hydrogens (tertiary/aromatic N) is 1. The van der Waals surface area contributed by atoms with Crippen LogP contribution in [0.2, 0.25) is 5.02 Å². The summed E-state index contributed by atoms with van der Waals surface area (Å²) in [6.45, 7) is 1.94. The maximum Gasteiger partial charge on any atom is 0.276 e. The molecule has 0 aliphatic heterocycles. The molecule has 5 nitrogen and oxygen atoms in total. The highest BCUT2D eigenvalue weighted by Gasteiger charge is 2.14. The first-order valence-electron chi connectivity index (χ1n) is 6.38. The number of nitro benzene ring substituents is 1. The molecule has 0 aliphatic carbocycles. The van der Waals surface area contributed by atoms with E-state index in [1.807, 2.05) is 25.1 Å². The smallest absolute Gasteiger partial charge is 0.276 e. The van der Waals surface area contributed by atoms with Crippen LogP contribution in [-0.2, 0) is 6.61 Å². The van der Waals surface area contributed by atoms with E-state index in [2.05, 4.69) is 0 Å². The van der Waals surface area contributed by atoms with Crippen molar-refractivity contribution in [3.8, 4) is 5.75 Å². The van der Waals surface area contributed by atoms with Crippen molar-refractivity contribution in [1.82, 2.24) is 0 Å². The van der Waals surface area contributed by atoms with Gasteiger partial charge in [0.15, 0.2) is 0 Å². The van der Waals surface area contributed by atoms with Crippen molar-refractivity contribution in [2.45, 2.75) is 19.6 Å². The van der Waals surface area contributed by atoms with Gasteiger partial charge in [-0.05, 0) is 36.8 Å². The lowest BCUT2D eigenvalue weighted by atomic mass is 10.1. The van der Waals surface area contributed by atoms with Gasteiger partial charge in [0.2, 0.25) is 0 Å². The first-order valence-corrected chi connectivity index (χ1v) is 6.76. The predicted octanol–water partition coefficient (Wildman–Crippen LogP) is 3.85. The standard InChI is InChI=1S/C15H15ClN2O3/c1-10(17)11-3-2-4-14(8-11)21-9-12-7-13(16)5-6-15(12)18(19)20/h2-8,10H,9,17H2,1H3/t10-/m0/s1. The quantitative estimate of drug-likeness (QED) is 0.672. The summed E-state index contributed by atoms with van der Waals surface area (Å²) in [5.41, 5.74) is 7.17. The molecule has 2 rings (SSSR count). The lowest BCUT2D eigenvalue weighted by molar-refractivity contribution is -0.385. The van der Waals surface area contributed by atoms with E-state index in [-0.39, 0.29) is 18.3 Å². The van der Waals surface area contributed by atoms with Crippen molar-refractivity contribution in [3.63, 3.8) is 0 Å². The fraction of sp³-hybridized carbons (Fsp3) is 0.200. The number of nitrogens with two attached hydrogens (primary N) is 1. The highest BCUT2D eigenvalue weighted by molar-refractivity contribution is 6.30. The summed E-state index contributed by atoms with van der Waals surface area (Å²) >= 11 is 5.88. The molecule has 0 saturated carbocycles. The van der Waals surface area contributed by atoms with Crippen molar-refractivity contribution in [2.75, 3.05) is 0 Å². The van der Waals surface area contributed by atoms with Crippen LogP contribution < -0.4 is 10.5 Å². The van der Waals surface area contributed by atoms with Crippen molar-refractivity contribution in [1.29, 1.82) is 0 Å². The second-order valence-corrected chi connectivity index (χ2v) is 5.12. The zero-order valence-electron chi connectivity index (χ0n) is 11.5. The molecular weight excluding hydrogens is 292 g/mol. The lowest BCUT2D eigenvalue weighted by Gasteiger charge is -2.10. The molecule has 0 radical (unpaired) electrons. The summed E-state index contributed by atoms with van der Waals surface area (Å²) in [7, 11) is 0. The van der Waals surface area contributed by atoms with E-state index in [0.29, 0.717) is 16.3 Å². The fourth-order valence-electron chi connectivity index (χ4n) is 1.90. The molecule has 2 N–H and O–H groups in total. The summed E-state index contributed by atoms with van der Waals surface area (Å²) in [5, 5.41) is 11.4. The number of rotatable bonds is 5. The molecule has 6 heteroatoms. The maximum atomic E-state index is 11.0. The van der Waals surface area contributed by atoms with Crippen molar-refractivity contribution in [2.24, 2.45) is 5.73 Å². The fourth-order valence-corrected chi connectivity index (χ4v) is 2.09. The predicted molar refractivity (Wildman–Crippen MR) is 81.5 cm³/mol. The molecular formula is C15H15ClN2O3. The molecule has 0 fully saturated rings. The van der Waals surface area contributed by atoms with Gasteiger partial charge in [0, 0.05) is 17.1 Å². The highest BCUT2D eigenvalue weighted by Crippen LogP contribution is 2.25. The Morgan fingerprint density at radius 1 is 1.33 bits per heavy atom. The van der Waals surface area contributed by atoms with Crippen LogP contribution in [0, 0.1) is 10.1 Å². The van der Waals surface area contributed by atoms with Crippen LogP contribution in [-0.4, -0.2) is 4.92 Å². The minimum Gasteiger partial charge on any atom is -0.489 e. The van der Waals surface area contributed by atoms with Gasteiger partial charge < -0.3 is 10.5 Å². The Labute approximate surface area is 127 Å². The molecule has 110 valence electrons. The number of halogens is 1. The minimum absolute atomic E-state index is 0.0113. The van der Waals surface area contributed by atoms with Gasteiger partial charge in [0.25, 0.3) is 5.69 Å². The molecule has 1 atom stereocenters. The van der Waals surface area contributed by atoms with Crippen LogP contribution in [0.4, 0.5) is 5.69 Å². The SMILES string of the molecule is C[C@H](N)c1cccc(OCc2cc(Cl)ccc2[N+](=O)[O-])c1. The van der Waals surface area contributed by atoms with Crippen LogP contribution in [0.15, 0.2) is 42.5 Å². The minimum atomic E-state index is -0.451. The van der Waals surface area contributed by atoms with E-state index in [9.17, 15) is 10.1 Å². The largest absolute Gasteiger partial charge is 0.489 e. The topological polar surface area (TPSA) is 78.4 Å². The van der Waals surface area contributed by atoms with Gasteiger partial charge in [0.05, 0.1) is 10.5 Å². The molecule has 0 unspecified atom stereocenters. The van der Waals surface area contributed by atoms with Crippen molar-refractivity contribution < 1.29 is 9.66 Å². The number of ether oxygens (including phenoxy) is 1. The molecule has 0 bridgehead atoms. The Balaban J connectivity index is 2.18. The van der Waals surface area contributed by atoms with E-state index in [4.69, 9.17) is 22.1 Å². The monoisotopic (exact) mass is 306 g/mol. The Kier molecular flexibility index (Phi) is 4.77. The van der Waals surface area contributed by atoms with Crippen LogP contribution in [0.3, 0.4) is 0 Å². The Bertz CT molecular complexity index is 659. The zero-order valence-corrected chi connectivity index (χ0v) is 12.2. The van der Waals surface area contributed by atoms with E-state index in [1.54, 1.807) is 6.07 Å². The third kappa shape index (κ3) is 3.93. The van der Waals surface area contributed by atoms with E-state index in [0.717, 1.165) is 5.56 Å². The van der Waals surface area contributed by atoms with E-state index < -0.39 is 4.92 Å². The normalized spacial score (nSPS) is 12.0. The Morgan fingerprint density at radius 3 is 2.76 bits per heavy atom. The lowest BCUT2D eigenvalue weighted by Crippen LogP contribution is -2.05. The summed E-state index contributed by atoms with van der Waals surface area (Å²) in [5.74, 6) is 0.610. The average Bonchev–Trinajstić information content (AvgIpc) is 2.45. The van der Waals surface area contributed by atoms with Crippen LogP contribution in [0.25, 0.3) is 0 Å². The number of nitro groups is 1. The number of benzene rings is 2. The van der Waals surface area contributed by atoms with Crippen LogP contribution >= 0.6 is 11.6 Å². The van der Waals surface area contributed by atoms with E-state index in [1.165, 1.54) is 18.2 Å². The first-order chi connectivity index (χ1) is 9.97. The molecule has 2 aromatic rings. The maximum absolute atomic E-state index is 11.0. The molecule has 0 aliphatic rings. The van der Waals surface area contributed by atoms with Gasteiger partial charge in [-0.1, -0.05) is 23.7 Å². The Morgan fingerprint density at radius 2 is 2.10 bits per heavy atom. The van der Waals surface area contributed by atoms with Crippen molar-refractivity contribution in [3.05, 3.63) is 68.7 Å².